The summed E-state index contributed by atoms with van der Waals surface area (Å²) in [7, 11) is -3.41. The van der Waals surface area contributed by atoms with E-state index < -0.39 is 10.1 Å². The Morgan fingerprint density at radius 3 is 2.19 bits per heavy atom. The Bertz CT molecular complexity index is 790. The zero-order valence-corrected chi connectivity index (χ0v) is 20.3. The number of hydrogen-bond donors (Lipinski definition) is 2. The first kappa shape index (κ1) is 23.0. The van der Waals surface area contributed by atoms with Crippen molar-refractivity contribution in [2.45, 2.75) is 63.2 Å². The number of aliphatic imine (C=N–C) groups is 2. The minimum atomic E-state index is -3.41. The molecule has 0 aromatic rings. The third-order valence-corrected chi connectivity index (χ3v) is 8.24. The van der Waals surface area contributed by atoms with Gasteiger partial charge in [0.15, 0.2) is 11.9 Å². The van der Waals surface area contributed by atoms with Gasteiger partial charge in [0.25, 0.3) is 10.1 Å². The highest BCUT2D eigenvalue weighted by Gasteiger charge is 2.30. The van der Waals surface area contributed by atoms with E-state index in [2.05, 4.69) is 27.4 Å². The van der Waals surface area contributed by atoms with Crippen molar-refractivity contribution in [3.63, 3.8) is 0 Å². The lowest BCUT2D eigenvalue weighted by atomic mass is 10.1. The zero-order chi connectivity index (χ0) is 21.8. The van der Waals surface area contributed by atoms with Crippen molar-refractivity contribution in [1.29, 1.82) is 0 Å². The van der Waals surface area contributed by atoms with Crippen LogP contribution in [0.4, 0.5) is 0 Å². The lowest BCUT2D eigenvalue weighted by molar-refractivity contribution is 0.230. The molecule has 4 aliphatic rings. The topological polar surface area (TPSA) is 98.6 Å². The molecule has 4 heterocycles. The van der Waals surface area contributed by atoms with Crippen molar-refractivity contribution in [3.05, 3.63) is 0 Å². The Balaban J connectivity index is 1.23. The molecule has 0 unspecified atom stereocenters. The van der Waals surface area contributed by atoms with Crippen LogP contribution in [-0.4, -0.2) is 105 Å². The highest BCUT2D eigenvalue weighted by Crippen LogP contribution is 2.21. The summed E-state index contributed by atoms with van der Waals surface area (Å²) in [4.78, 5) is 14.5. The van der Waals surface area contributed by atoms with Crippen molar-refractivity contribution in [3.8, 4) is 0 Å². The normalized spacial score (nSPS) is 31.0. The first-order valence-corrected chi connectivity index (χ1v) is 14.5. The summed E-state index contributed by atoms with van der Waals surface area (Å²) in [5.41, 5.74) is 0. The van der Waals surface area contributed by atoms with Gasteiger partial charge in [-0.25, -0.2) is 9.98 Å². The number of nitrogens with one attached hydrogen (secondary N) is 2. The van der Waals surface area contributed by atoms with E-state index in [0.29, 0.717) is 18.1 Å². The van der Waals surface area contributed by atoms with Crippen LogP contribution in [0.3, 0.4) is 0 Å². The maximum Gasteiger partial charge on any atom is 0.264 e. The Labute approximate surface area is 190 Å². The molecule has 0 amide bonds. The van der Waals surface area contributed by atoms with Crippen LogP contribution in [0, 0.1) is 0 Å². The van der Waals surface area contributed by atoms with Crippen molar-refractivity contribution < 1.29 is 12.6 Å². The molecule has 0 bridgehead atoms. The predicted octanol–water partition coefficient (Wildman–Crippen LogP) is 0.690. The van der Waals surface area contributed by atoms with Gasteiger partial charge in [0.05, 0.1) is 31.0 Å². The lowest BCUT2D eigenvalue weighted by Gasteiger charge is -2.40. The molecular weight excluding hydrogens is 436 g/mol. The van der Waals surface area contributed by atoms with Gasteiger partial charge >= 0.3 is 0 Å². The smallest absolute Gasteiger partial charge is 0.264 e. The molecule has 4 rings (SSSR count). The summed E-state index contributed by atoms with van der Waals surface area (Å²) < 4.78 is 27.5. The zero-order valence-electron chi connectivity index (χ0n) is 18.6. The SMILES string of the molecule is CC[C@H]1CCN2CC[C@H](CSC[C@H]3CCN4CC[C@H](COS(C)(=O)=O)NC4=N3)NC2=N1. The van der Waals surface area contributed by atoms with Crippen LogP contribution in [0.2, 0.25) is 0 Å². The van der Waals surface area contributed by atoms with Gasteiger partial charge in [-0.3, -0.25) is 4.18 Å². The monoisotopic (exact) mass is 472 g/mol. The first-order chi connectivity index (χ1) is 14.9. The fourth-order valence-electron chi connectivity index (χ4n) is 4.50. The molecule has 2 fully saturated rings. The minimum absolute atomic E-state index is 0.00581. The van der Waals surface area contributed by atoms with Gasteiger partial charge in [-0.1, -0.05) is 6.92 Å². The maximum atomic E-state index is 11.3. The molecule has 9 nitrogen and oxygen atoms in total. The summed E-state index contributed by atoms with van der Waals surface area (Å²) in [5, 5.41) is 7.05. The number of thioether (sulfide) groups is 1. The highest BCUT2D eigenvalue weighted by atomic mass is 32.2. The van der Waals surface area contributed by atoms with Crippen LogP contribution in [0.25, 0.3) is 0 Å². The number of hydrogen-bond acceptors (Lipinski definition) is 10. The van der Waals surface area contributed by atoms with E-state index >= 15 is 0 Å². The van der Waals surface area contributed by atoms with Crippen molar-refractivity contribution in [2.75, 3.05) is 50.5 Å². The third kappa shape index (κ3) is 6.41. The van der Waals surface area contributed by atoms with E-state index in [9.17, 15) is 8.42 Å². The molecule has 2 saturated heterocycles. The Kier molecular flexibility index (Phi) is 7.53. The van der Waals surface area contributed by atoms with Crippen molar-refractivity contribution in [2.24, 2.45) is 9.98 Å². The standard InChI is InChI=1S/C20H36N6O3S2/c1-3-15-4-8-25-10-6-17(23-19(25)21-15)13-30-14-18-7-11-26-9-5-16(22-20(26)24-18)12-29-31(2,27)28/h15-18H,3-14H2,1-2H3,(H,21,23)(H,22,24)/t15-,16+,17+,18+/m0/s1. The second kappa shape index (κ2) is 10.2. The molecule has 4 atom stereocenters. The van der Waals surface area contributed by atoms with E-state index in [4.69, 9.17) is 14.2 Å². The summed E-state index contributed by atoms with van der Waals surface area (Å²) in [6.07, 6.45) is 6.48. The van der Waals surface area contributed by atoms with Crippen LogP contribution >= 0.6 is 11.8 Å². The summed E-state index contributed by atoms with van der Waals surface area (Å²) in [5.74, 6) is 4.10. The summed E-state index contributed by atoms with van der Waals surface area (Å²) >= 11 is 1.97. The fourth-order valence-corrected chi connectivity index (χ4v) is 6.10. The maximum absolute atomic E-state index is 11.3. The molecule has 2 N–H and O–H groups in total. The highest BCUT2D eigenvalue weighted by molar-refractivity contribution is 7.99. The predicted molar refractivity (Wildman–Crippen MR) is 126 cm³/mol. The second-order valence-electron chi connectivity index (χ2n) is 8.96. The van der Waals surface area contributed by atoms with Crippen LogP contribution in [0.1, 0.15) is 39.0 Å². The lowest BCUT2D eigenvalue weighted by Crippen LogP contribution is -2.57. The van der Waals surface area contributed by atoms with Gasteiger partial charge in [0.1, 0.15) is 0 Å². The molecule has 0 radical (unpaired) electrons. The fraction of sp³-hybridized carbons (Fsp3) is 0.900. The minimum Gasteiger partial charge on any atom is -0.353 e. The number of fused-ring (bicyclic) bond motifs is 2. The summed E-state index contributed by atoms with van der Waals surface area (Å²) in [6.45, 7) is 6.52. The average molecular weight is 473 g/mol. The molecular formula is C20H36N6O3S2. The van der Waals surface area contributed by atoms with Gasteiger partial charge in [-0.15, -0.1) is 0 Å². The van der Waals surface area contributed by atoms with Crippen molar-refractivity contribution >= 4 is 33.8 Å². The van der Waals surface area contributed by atoms with E-state index in [0.717, 1.165) is 75.1 Å². The Morgan fingerprint density at radius 2 is 1.52 bits per heavy atom. The van der Waals surface area contributed by atoms with Crippen LogP contribution in [0.15, 0.2) is 9.98 Å². The second-order valence-corrected chi connectivity index (χ2v) is 11.7. The van der Waals surface area contributed by atoms with Crippen LogP contribution in [0.5, 0.6) is 0 Å². The molecule has 4 aliphatic heterocycles. The number of rotatable bonds is 8. The molecule has 0 aromatic carbocycles. The van der Waals surface area contributed by atoms with Crippen LogP contribution in [-0.2, 0) is 14.3 Å². The molecule has 0 spiro atoms. The first-order valence-electron chi connectivity index (χ1n) is 11.5. The average Bonchev–Trinajstić information content (AvgIpc) is 2.76. The molecule has 11 heteroatoms. The largest absolute Gasteiger partial charge is 0.353 e. The Hall–Kier alpha value is -1.20. The quantitative estimate of drug-likeness (QED) is 0.498. The summed E-state index contributed by atoms with van der Waals surface area (Å²) in [6, 6.07) is 1.25. The number of guanidine groups is 2. The molecule has 0 saturated carbocycles. The molecule has 0 aromatic heterocycles. The third-order valence-electron chi connectivity index (χ3n) is 6.42. The van der Waals surface area contributed by atoms with Crippen LogP contribution < -0.4 is 10.6 Å². The van der Waals surface area contributed by atoms with Crippen molar-refractivity contribution in [1.82, 2.24) is 20.4 Å². The van der Waals surface area contributed by atoms with Gasteiger partial charge in [-0.2, -0.15) is 20.2 Å². The number of nitrogens with zero attached hydrogens (tertiary/aromatic N) is 4. The van der Waals surface area contributed by atoms with E-state index in [1.807, 2.05) is 11.8 Å². The van der Waals surface area contributed by atoms with Gasteiger partial charge in [0.2, 0.25) is 0 Å². The molecule has 31 heavy (non-hydrogen) atoms. The van der Waals surface area contributed by atoms with Gasteiger partial charge < -0.3 is 20.4 Å². The molecule has 176 valence electrons. The van der Waals surface area contributed by atoms with Gasteiger partial charge in [-0.05, 0) is 32.1 Å². The van der Waals surface area contributed by atoms with E-state index in [-0.39, 0.29) is 12.6 Å². The Morgan fingerprint density at radius 1 is 0.935 bits per heavy atom. The van der Waals surface area contributed by atoms with E-state index in [1.54, 1.807) is 0 Å². The van der Waals surface area contributed by atoms with E-state index in [1.165, 1.54) is 12.8 Å². The van der Waals surface area contributed by atoms with Gasteiger partial charge in [0, 0.05) is 43.7 Å². The molecule has 0 aliphatic carbocycles.